The van der Waals surface area contributed by atoms with Crippen molar-refractivity contribution in [2.24, 2.45) is 0 Å². The van der Waals surface area contributed by atoms with E-state index in [0.717, 1.165) is 16.9 Å². The lowest BCUT2D eigenvalue weighted by molar-refractivity contribution is 0.474. The molecule has 0 fully saturated rings. The Labute approximate surface area is 107 Å². The van der Waals surface area contributed by atoms with Crippen molar-refractivity contribution in [1.82, 2.24) is 4.98 Å². The Morgan fingerprint density at radius 2 is 2.06 bits per heavy atom. The molecule has 1 aromatic heterocycles. The van der Waals surface area contributed by atoms with Gasteiger partial charge in [-0.3, -0.25) is 0 Å². The fourth-order valence-corrected chi connectivity index (χ4v) is 1.52. The van der Waals surface area contributed by atoms with Crippen molar-refractivity contribution < 1.29 is 5.11 Å². The fraction of sp³-hybridized carbons (Fsp3) is 0.154. The molecule has 2 rings (SSSR count). The quantitative estimate of drug-likeness (QED) is 0.880. The zero-order chi connectivity index (χ0) is 11.4. The molecule has 0 unspecified atom stereocenters. The number of hydrogen-bond donors (Lipinski definition) is 2. The summed E-state index contributed by atoms with van der Waals surface area (Å²) >= 11 is 0. The molecule has 0 radical (unpaired) electrons. The van der Waals surface area contributed by atoms with Gasteiger partial charge in [0.1, 0.15) is 11.6 Å². The van der Waals surface area contributed by atoms with Crippen LogP contribution in [0.15, 0.2) is 42.6 Å². The molecule has 3 nitrogen and oxygen atoms in total. The Hall–Kier alpha value is -1.74. The topological polar surface area (TPSA) is 45.2 Å². The molecule has 0 amide bonds. The molecule has 0 saturated carbocycles. The Kier molecular flexibility index (Phi) is 4.79. The first-order valence-corrected chi connectivity index (χ1v) is 5.19. The van der Waals surface area contributed by atoms with Crippen LogP contribution in [0.2, 0.25) is 0 Å². The molecule has 0 bridgehead atoms. The molecule has 0 saturated heterocycles. The highest BCUT2D eigenvalue weighted by atomic mass is 35.5. The van der Waals surface area contributed by atoms with E-state index in [1.165, 1.54) is 0 Å². The van der Waals surface area contributed by atoms with Gasteiger partial charge >= 0.3 is 0 Å². The number of aryl methyl sites for hydroxylation is 1. The lowest BCUT2D eigenvalue weighted by atomic mass is 10.2. The SMILES string of the molecule is Cc1cccnc1NCc1cccc(O)c1.Cl. The molecule has 1 aromatic carbocycles. The Balaban J connectivity index is 0.00000144. The van der Waals surface area contributed by atoms with E-state index in [-0.39, 0.29) is 18.2 Å². The summed E-state index contributed by atoms with van der Waals surface area (Å²) in [5.74, 6) is 1.17. The maximum absolute atomic E-state index is 9.32. The molecule has 2 N–H and O–H groups in total. The summed E-state index contributed by atoms with van der Waals surface area (Å²) in [5.41, 5.74) is 2.15. The van der Waals surface area contributed by atoms with Gasteiger partial charge in [0.25, 0.3) is 0 Å². The fourth-order valence-electron chi connectivity index (χ4n) is 1.52. The molecule has 0 spiro atoms. The van der Waals surface area contributed by atoms with Crippen molar-refractivity contribution in [3.63, 3.8) is 0 Å². The Morgan fingerprint density at radius 1 is 1.24 bits per heavy atom. The molecule has 0 aliphatic carbocycles. The van der Waals surface area contributed by atoms with Gasteiger partial charge < -0.3 is 10.4 Å². The van der Waals surface area contributed by atoms with Crippen LogP contribution < -0.4 is 5.32 Å². The van der Waals surface area contributed by atoms with E-state index in [2.05, 4.69) is 10.3 Å². The van der Waals surface area contributed by atoms with E-state index in [0.29, 0.717) is 6.54 Å². The second kappa shape index (κ2) is 6.11. The second-order valence-corrected chi connectivity index (χ2v) is 3.69. The monoisotopic (exact) mass is 250 g/mol. The van der Waals surface area contributed by atoms with Gasteiger partial charge in [0, 0.05) is 12.7 Å². The summed E-state index contributed by atoms with van der Waals surface area (Å²) in [5, 5.41) is 12.6. The molecule has 90 valence electrons. The van der Waals surface area contributed by atoms with Gasteiger partial charge in [-0.2, -0.15) is 0 Å². The minimum Gasteiger partial charge on any atom is -0.508 e. The van der Waals surface area contributed by atoms with Crippen LogP contribution in [0.4, 0.5) is 5.82 Å². The van der Waals surface area contributed by atoms with Crippen molar-refractivity contribution in [2.45, 2.75) is 13.5 Å². The Bertz CT molecular complexity index is 488. The van der Waals surface area contributed by atoms with Gasteiger partial charge in [-0.25, -0.2) is 4.98 Å². The van der Waals surface area contributed by atoms with Crippen molar-refractivity contribution in [3.8, 4) is 5.75 Å². The van der Waals surface area contributed by atoms with Crippen LogP contribution in [0, 0.1) is 6.92 Å². The number of nitrogens with one attached hydrogen (secondary N) is 1. The number of hydrogen-bond acceptors (Lipinski definition) is 3. The smallest absolute Gasteiger partial charge is 0.129 e. The van der Waals surface area contributed by atoms with E-state index in [1.807, 2.05) is 31.2 Å². The van der Waals surface area contributed by atoms with E-state index in [4.69, 9.17) is 0 Å². The lowest BCUT2D eigenvalue weighted by Crippen LogP contribution is -2.02. The number of benzene rings is 1. The van der Waals surface area contributed by atoms with E-state index < -0.39 is 0 Å². The summed E-state index contributed by atoms with van der Waals surface area (Å²) in [6.45, 7) is 2.67. The van der Waals surface area contributed by atoms with Crippen LogP contribution in [0.25, 0.3) is 0 Å². The highest BCUT2D eigenvalue weighted by molar-refractivity contribution is 5.85. The number of pyridine rings is 1. The highest BCUT2D eigenvalue weighted by Crippen LogP contribution is 2.14. The number of aromatic hydroxyl groups is 1. The molecule has 0 atom stereocenters. The van der Waals surface area contributed by atoms with E-state index >= 15 is 0 Å². The minimum atomic E-state index is 0. The van der Waals surface area contributed by atoms with Gasteiger partial charge in [-0.15, -0.1) is 12.4 Å². The number of anilines is 1. The minimum absolute atomic E-state index is 0. The molecular formula is C13H15ClN2O. The van der Waals surface area contributed by atoms with Crippen LogP contribution in [0.5, 0.6) is 5.75 Å². The number of rotatable bonds is 3. The number of aromatic nitrogens is 1. The maximum atomic E-state index is 9.32. The average molecular weight is 251 g/mol. The number of nitrogens with zero attached hydrogens (tertiary/aromatic N) is 1. The number of phenolic OH excluding ortho intramolecular Hbond substituents is 1. The van der Waals surface area contributed by atoms with Crippen molar-refractivity contribution in [2.75, 3.05) is 5.32 Å². The zero-order valence-corrected chi connectivity index (χ0v) is 10.4. The van der Waals surface area contributed by atoms with Gasteiger partial charge in [0.2, 0.25) is 0 Å². The molecule has 2 aromatic rings. The van der Waals surface area contributed by atoms with Crippen LogP contribution in [0.1, 0.15) is 11.1 Å². The summed E-state index contributed by atoms with van der Waals surface area (Å²) in [4.78, 5) is 4.24. The summed E-state index contributed by atoms with van der Waals surface area (Å²) < 4.78 is 0. The summed E-state index contributed by atoms with van der Waals surface area (Å²) in [7, 11) is 0. The van der Waals surface area contributed by atoms with Crippen molar-refractivity contribution in [3.05, 3.63) is 53.7 Å². The average Bonchev–Trinajstić information content (AvgIpc) is 2.28. The summed E-state index contributed by atoms with van der Waals surface area (Å²) in [6.07, 6.45) is 1.76. The molecular weight excluding hydrogens is 236 g/mol. The van der Waals surface area contributed by atoms with E-state index in [1.54, 1.807) is 18.3 Å². The highest BCUT2D eigenvalue weighted by Gasteiger charge is 1.98. The lowest BCUT2D eigenvalue weighted by Gasteiger charge is -2.08. The number of phenols is 1. The van der Waals surface area contributed by atoms with Gasteiger partial charge in [0.05, 0.1) is 0 Å². The first-order valence-electron chi connectivity index (χ1n) is 5.19. The second-order valence-electron chi connectivity index (χ2n) is 3.69. The van der Waals surface area contributed by atoms with E-state index in [9.17, 15) is 5.11 Å². The maximum Gasteiger partial charge on any atom is 0.129 e. The first-order chi connectivity index (χ1) is 7.75. The van der Waals surface area contributed by atoms with Gasteiger partial charge in [0.15, 0.2) is 0 Å². The molecule has 0 aliphatic rings. The molecule has 4 heteroatoms. The zero-order valence-electron chi connectivity index (χ0n) is 9.55. The standard InChI is InChI=1S/C13H14N2O.ClH/c1-10-4-3-7-14-13(10)15-9-11-5-2-6-12(16)8-11;/h2-8,16H,9H2,1H3,(H,14,15);1H. The van der Waals surface area contributed by atoms with Crippen LogP contribution in [0.3, 0.4) is 0 Å². The van der Waals surface area contributed by atoms with Crippen LogP contribution in [-0.4, -0.2) is 10.1 Å². The third-order valence-corrected chi connectivity index (χ3v) is 2.38. The number of halogens is 1. The third-order valence-electron chi connectivity index (χ3n) is 2.38. The van der Waals surface area contributed by atoms with Gasteiger partial charge in [-0.05, 0) is 36.2 Å². The largest absolute Gasteiger partial charge is 0.508 e. The van der Waals surface area contributed by atoms with Crippen molar-refractivity contribution in [1.29, 1.82) is 0 Å². The molecule has 1 heterocycles. The van der Waals surface area contributed by atoms with Crippen LogP contribution in [-0.2, 0) is 6.54 Å². The molecule has 17 heavy (non-hydrogen) atoms. The Morgan fingerprint density at radius 3 is 2.76 bits per heavy atom. The predicted octanol–water partition coefficient (Wildman–Crippen LogP) is 3.13. The normalized spacial score (nSPS) is 9.47. The van der Waals surface area contributed by atoms with Crippen molar-refractivity contribution >= 4 is 18.2 Å². The van der Waals surface area contributed by atoms with Gasteiger partial charge in [-0.1, -0.05) is 18.2 Å². The van der Waals surface area contributed by atoms with Crippen LogP contribution >= 0.6 is 12.4 Å². The first kappa shape index (κ1) is 13.3. The molecule has 0 aliphatic heterocycles. The third kappa shape index (κ3) is 3.64. The summed E-state index contributed by atoms with van der Waals surface area (Å²) in [6, 6.07) is 11.1. The predicted molar refractivity (Wildman–Crippen MR) is 71.7 cm³/mol.